The molecule has 0 heterocycles. The second-order valence-corrected chi connectivity index (χ2v) is 13.8. The van der Waals surface area contributed by atoms with Crippen LogP contribution >= 0.6 is 23.2 Å². The predicted molar refractivity (Wildman–Crippen MR) is 176 cm³/mol. The quantitative estimate of drug-likeness (QED) is 0.221. The van der Waals surface area contributed by atoms with Gasteiger partial charge in [-0.25, -0.2) is 8.42 Å². The highest BCUT2D eigenvalue weighted by Gasteiger charge is 2.32. The molecule has 0 bridgehead atoms. The Kier molecular flexibility index (Phi) is 11.9. The maximum Gasteiger partial charge on any atom is 0.243 e. The van der Waals surface area contributed by atoms with Gasteiger partial charge in [0.15, 0.2) is 0 Å². The lowest BCUT2D eigenvalue weighted by molar-refractivity contribution is -0.141. The van der Waals surface area contributed by atoms with E-state index < -0.39 is 16.1 Å². The van der Waals surface area contributed by atoms with E-state index >= 15 is 0 Å². The molecule has 1 N–H and O–H groups in total. The van der Waals surface area contributed by atoms with E-state index in [9.17, 15) is 18.0 Å². The Balaban J connectivity index is 1.60. The lowest BCUT2D eigenvalue weighted by Gasteiger charge is -2.33. The Morgan fingerprint density at radius 2 is 1.68 bits per heavy atom. The van der Waals surface area contributed by atoms with Crippen molar-refractivity contribution >= 4 is 50.7 Å². The van der Waals surface area contributed by atoms with Crippen molar-refractivity contribution in [3.05, 3.63) is 94.0 Å². The Morgan fingerprint density at radius 3 is 2.34 bits per heavy atom. The Labute approximate surface area is 270 Å². The standard InChI is InChI=1S/C33H39Cl2N3O5S/c1-43-28-15-8-14-27(22-28)38(44(2,41)42)19-9-16-32(39)37(23-25-17-18-29(34)30(35)20-25)31(21-24-10-4-3-5-11-24)33(40)36-26-12-6-7-13-26/h3-5,8,10-11,14-15,17-18,20,22,26,31H,6-7,9,12-13,16,19,21,23H2,1-2H3,(H,36,40)/t31-/m1/s1. The van der Waals surface area contributed by atoms with Crippen molar-refractivity contribution in [1.29, 1.82) is 0 Å². The molecule has 4 rings (SSSR count). The fraction of sp³-hybridized carbons (Fsp3) is 0.394. The first-order valence-electron chi connectivity index (χ1n) is 14.7. The topological polar surface area (TPSA) is 96.0 Å². The van der Waals surface area contributed by atoms with Crippen LogP contribution in [0.2, 0.25) is 10.0 Å². The van der Waals surface area contributed by atoms with Crippen LogP contribution in [0, 0.1) is 0 Å². The van der Waals surface area contributed by atoms with E-state index in [0.717, 1.165) is 43.1 Å². The number of hydrogen-bond acceptors (Lipinski definition) is 5. The normalized spacial score (nSPS) is 14.2. The summed E-state index contributed by atoms with van der Waals surface area (Å²) in [6.45, 7) is 0.215. The second kappa shape index (κ2) is 15.6. The number of anilines is 1. The molecule has 0 aliphatic heterocycles. The molecule has 0 spiro atoms. The minimum absolute atomic E-state index is 0.0271. The zero-order valence-electron chi connectivity index (χ0n) is 25.0. The summed E-state index contributed by atoms with van der Waals surface area (Å²) in [6, 6.07) is 20.8. The van der Waals surface area contributed by atoms with Gasteiger partial charge in [0.25, 0.3) is 0 Å². The van der Waals surface area contributed by atoms with Crippen LogP contribution in [-0.4, -0.2) is 57.1 Å². The number of carbonyl (C=O) groups is 2. The fourth-order valence-corrected chi connectivity index (χ4v) is 6.80. The van der Waals surface area contributed by atoms with Gasteiger partial charge in [0.1, 0.15) is 11.8 Å². The highest BCUT2D eigenvalue weighted by Crippen LogP contribution is 2.26. The molecule has 0 aromatic heterocycles. The maximum atomic E-state index is 14.0. The van der Waals surface area contributed by atoms with Gasteiger partial charge < -0.3 is 15.0 Å². The first kappa shape index (κ1) is 33.6. The highest BCUT2D eigenvalue weighted by atomic mass is 35.5. The summed E-state index contributed by atoms with van der Waals surface area (Å²) < 4.78 is 32.0. The Morgan fingerprint density at radius 1 is 0.955 bits per heavy atom. The van der Waals surface area contributed by atoms with Crippen molar-refractivity contribution in [3.8, 4) is 5.75 Å². The van der Waals surface area contributed by atoms with Crippen molar-refractivity contribution in [1.82, 2.24) is 10.2 Å². The molecular weight excluding hydrogens is 621 g/mol. The molecule has 44 heavy (non-hydrogen) atoms. The van der Waals surface area contributed by atoms with E-state index in [1.807, 2.05) is 30.3 Å². The summed E-state index contributed by atoms with van der Waals surface area (Å²) in [5.74, 6) is 0.0537. The zero-order chi connectivity index (χ0) is 31.7. The van der Waals surface area contributed by atoms with Gasteiger partial charge >= 0.3 is 0 Å². The number of benzene rings is 3. The number of hydrogen-bond donors (Lipinski definition) is 1. The van der Waals surface area contributed by atoms with E-state index in [1.54, 1.807) is 47.4 Å². The fourth-order valence-electron chi connectivity index (χ4n) is 5.53. The molecular formula is C33H39Cl2N3O5S. The summed E-state index contributed by atoms with van der Waals surface area (Å²) >= 11 is 12.5. The van der Waals surface area contributed by atoms with E-state index in [-0.39, 0.29) is 43.8 Å². The van der Waals surface area contributed by atoms with E-state index in [2.05, 4.69) is 5.32 Å². The largest absolute Gasteiger partial charge is 0.497 e. The van der Waals surface area contributed by atoms with Crippen LogP contribution in [-0.2, 0) is 32.6 Å². The number of rotatable bonds is 14. The molecule has 1 atom stereocenters. The molecule has 2 amide bonds. The van der Waals surface area contributed by atoms with Crippen molar-refractivity contribution in [2.75, 3.05) is 24.2 Å². The molecule has 1 fully saturated rings. The second-order valence-electron chi connectivity index (χ2n) is 11.1. The number of amides is 2. The molecule has 3 aromatic rings. The van der Waals surface area contributed by atoms with Crippen molar-refractivity contribution in [2.24, 2.45) is 0 Å². The predicted octanol–water partition coefficient (Wildman–Crippen LogP) is 6.25. The minimum Gasteiger partial charge on any atom is -0.497 e. The summed E-state index contributed by atoms with van der Waals surface area (Å²) in [6.07, 6.45) is 5.67. The van der Waals surface area contributed by atoms with E-state index in [4.69, 9.17) is 27.9 Å². The van der Waals surface area contributed by atoms with Gasteiger partial charge in [-0.05, 0) is 54.7 Å². The van der Waals surface area contributed by atoms with Crippen LogP contribution in [0.15, 0.2) is 72.8 Å². The molecule has 3 aromatic carbocycles. The van der Waals surface area contributed by atoms with Crippen LogP contribution in [0.3, 0.4) is 0 Å². The van der Waals surface area contributed by atoms with Crippen molar-refractivity contribution in [3.63, 3.8) is 0 Å². The van der Waals surface area contributed by atoms with Gasteiger partial charge in [-0.3, -0.25) is 13.9 Å². The average molecular weight is 661 g/mol. The molecule has 236 valence electrons. The summed E-state index contributed by atoms with van der Waals surface area (Å²) in [4.78, 5) is 29.5. The molecule has 0 radical (unpaired) electrons. The third kappa shape index (κ3) is 9.36. The Bertz CT molecular complexity index is 1530. The van der Waals surface area contributed by atoms with Crippen LogP contribution in [0.25, 0.3) is 0 Å². The van der Waals surface area contributed by atoms with Crippen molar-refractivity contribution in [2.45, 2.75) is 63.6 Å². The number of nitrogens with zero attached hydrogens (tertiary/aromatic N) is 2. The highest BCUT2D eigenvalue weighted by molar-refractivity contribution is 7.92. The summed E-state index contributed by atoms with van der Waals surface area (Å²) in [7, 11) is -2.13. The van der Waals surface area contributed by atoms with Gasteiger partial charge in [0, 0.05) is 38.0 Å². The molecule has 0 unspecified atom stereocenters. The van der Waals surface area contributed by atoms with E-state index in [1.165, 1.54) is 11.4 Å². The molecule has 8 nitrogen and oxygen atoms in total. The lowest BCUT2D eigenvalue weighted by atomic mass is 10.0. The van der Waals surface area contributed by atoms with Crippen LogP contribution in [0.5, 0.6) is 5.75 Å². The summed E-state index contributed by atoms with van der Waals surface area (Å²) in [5.41, 5.74) is 2.10. The minimum atomic E-state index is -3.64. The molecule has 0 saturated heterocycles. The molecule has 1 aliphatic rings. The number of halogens is 2. The number of nitrogens with one attached hydrogen (secondary N) is 1. The van der Waals surface area contributed by atoms with Gasteiger partial charge in [-0.2, -0.15) is 0 Å². The summed E-state index contributed by atoms with van der Waals surface area (Å²) in [5, 5.41) is 3.94. The number of sulfonamides is 1. The van der Waals surface area contributed by atoms with E-state index in [0.29, 0.717) is 27.9 Å². The third-order valence-electron chi connectivity index (χ3n) is 7.80. The van der Waals surface area contributed by atoms with Crippen LogP contribution < -0.4 is 14.4 Å². The third-order valence-corrected chi connectivity index (χ3v) is 9.74. The van der Waals surface area contributed by atoms with Gasteiger partial charge in [-0.1, -0.05) is 78.5 Å². The molecule has 11 heteroatoms. The lowest BCUT2D eigenvalue weighted by Crippen LogP contribution is -2.52. The average Bonchev–Trinajstić information content (AvgIpc) is 3.51. The van der Waals surface area contributed by atoms with Crippen LogP contribution in [0.4, 0.5) is 5.69 Å². The monoisotopic (exact) mass is 659 g/mol. The number of methoxy groups -OCH3 is 1. The maximum absolute atomic E-state index is 14.0. The number of ether oxygens (including phenoxy) is 1. The SMILES string of the molecule is COc1cccc(N(CCCC(=O)N(Cc2ccc(Cl)c(Cl)c2)[C@H](Cc2ccccc2)C(=O)NC2CCCC2)S(C)(=O)=O)c1. The smallest absolute Gasteiger partial charge is 0.243 e. The van der Waals surface area contributed by atoms with Gasteiger partial charge in [0.2, 0.25) is 21.8 Å². The van der Waals surface area contributed by atoms with Gasteiger partial charge in [-0.15, -0.1) is 0 Å². The van der Waals surface area contributed by atoms with Gasteiger partial charge in [0.05, 0.1) is 29.1 Å². The number of carbonyl (C=O) groups excluding carboxylic acids is 2. The first-order chi connectivity index (χ1) is 21.0. The molecule has 1 aliphatic carbocycles. The Hall–Kier alpha value is -3.27. The molecule has 1 saturated carbocycles. The zero-order valence-corrected chi connectivity index (χ0v) is 27.4. The van der Waals surface area contributed by atoms with Crippen LogP contribution in [0.1, 0.15) is 49.7 Å². The van der Waals surface area contributed by atoms with Crippen molar-refractivity contribution < 1.29 is 22.7 Å². The first-order valence-corrected chi connectivity index (χ1v) is 17.3.